The lowest BCUT2D eigenvalue weighted by molar-refractivity contribution is 0.618. The normalized spacial score (nSPS) is 10.7. The molecule has 0 aliphatic rings. The van der Waals surface area contributed by atoms with Crippen molar-refractivity contribution in [2.24, 2.45) is 0 Å². The number of rotatable bonds is 7. The number of halogens is 1. The highest BCUT2D eigenvalue weighted by Crippen LogP contribution is 2.28. The molecule has 3 heterocycles. The van der Waals surface area contributed by atoms with Gasteiger partial charge in [-0.15, -0.1) is 10.2 Å². The van der Waals surface area contributed by atoms with Gasteiger partial charge in [0, 0.05) is 12.1 Å². The number of hydrogen-bond donors (Lipinski definition) is 1. The number of aryl methyl sites for hydroxylation is 1. The van der Waals surface area contributed by atoms with Gasteiger partial charge in [-0.25, -0.2) is 14.8 Å². The molecule has 4 aromatic rings. The number of aromatic nitrogens is 8. The van der Waals surface area contributed by atoms with Crippen molar-refractivity contribution in [3.63, 3.8) is 0 Å². The van der Waals surface area contributed by atoms with Crippen LogP contribution >= 0.6 is 11.6 Å². The molecular formula is C20H17ClN10. The first kappa shape index (κ1) is 20.3. The van der Waals surface area contributed by atoms with Crippen LogP contribution in [-0.4, -0.2) is 40.0 Å². The second kappa shape index (κ2) is 8.78. The molecule has 154 valence electrons. The molecular weight excluding hydrogens is 416 g/mol. The quantitative estimate of drug-likeness (QED) is 0.473. The highest BCUT2D eigenvalue weighted by molar-refractivity contribution is 6.28. The van der Waals surface area contributed by atoms with Crippen molar-refractivity contribution >= 4 is 11.6 Å². The number of nitrogens with one attached hydrogen (secondary N) is 1. The fourth-order valence-electron chi connectivity index (χ4n) is 3.35. The summed E-state index contributed by atoms with van der Waals surface area (Å²) in [5.74, 6) is 1.16. The van der Waals surface area contributed by atoms with Crippen molar-refractivity contribution in [2.45, 2.75) is 32.7 Å². The summed E-state index contributed by atoms with van der Waals surface area (Å²) >= 11 is 6.01. The van der Waals surface area contributed by atoms with Crippen molar-refractivity contribution in [1.82, 2.24) is 40.0 Å². The standard InChI is InChI=1S/C20H17ClN10/c1-2-3-4-17-24-20(21)27-30(17)12-13-5-7-15(8-6-13)31-16(11-23)9-14(10-22)18(31)19-25-28-29-26-19/h5-9H,2-4,12H2,1H3,(H,25,26,28,29). The van der Waals surface area contributed by atoms with Gasteiger partial charge in [-0.1, -0.05) is 25.5 Å². The zero-order chi connectivity index (χ0) is 21.8. The molecule has 1 N–H and O–H groups in total. The predicted molar refractivity (Wildman–Crippen MR) is 111 cm³/mol. The topological polar surface area (TPSA) is 138 Å². The van der Waals surface area contributed by atoms with Crippen LogP contribution in [0.15, 0.2) is 30.3 Å². The van der Waals surface area contributed by atoms with Crippen LogP contribution in [0.3, 0.4) is 0 Å². The lowest BCUT2D eigenvalue weighted by atomic mass is 10.2. The molecule has 0 aliphatic carbocycles. The largest absolute Gasteiger partial charge is 0.297 e. The van der Waals surface area contributed by atoms with E-state index < -0.39 is 0 Å². The number of tetrazole rings is 1. The Bertz CT molecular complexity index is 1270. The Kier molecular flexibility index (Phi) is 5.74. The second-order valence-corrected chi connectivity index (χ2v) is 7.16. The van der Waals surface area contributed by atoms with E-state index in [0.717, 1.165) is 30.7 Å². The summed E-state index contributed by atoms with van der Waals surface area (Å²) in [4.78, 5) is 4.31. The maximum Gasteiger partial charge on any atom is 0.242 e. The molecule has 4 rings (SSSR count). The summed E-state index contributed by atoms with van der Waals surface area (Å²) in [6.45, 7) is 2.65. The van der Waals surface area contributed by atoms with E-state index in [-0.39, 0.29) is 5.28 Å². The zero-order valence-corrected chi connectivity index (χ0v) is 17.4. The van der Waals surface area contributed by atoms with Crippen LogP contribution in [0.25, 0.3) is 17.2 Å². The minimum absolute atomic E-state index is 0.239. The van der Waals surface area contributed by atoms with Gasteiger partial charge in [0.2, 0.25) is 5.28 Å². The van der Waals surface area contributed by atoms with Crippen molar-refractivity contribution in [3.05, 3.63) is 58.3 Å². The van der Waals surface area contributed by atoms with Crippen LogP contribution in [0.5, 0.6) is 0 Å². The first-order valence-corrected chi connectivity index (χ1v) is 10.0. The van der Waals surface area contributed by atoms with Gasteiger partial charge in [0.15, 0.2) is 5.82 Å². The third kappa shape index (κ3) is 4.02. The molecule has 31 heavy (non-hydrogen) atoms. The molecule has 11 heteroatoms. The third-order valence-electron chi connectivity index (χ3n) is 4.81. The van der Waals surface area contributed by atoms with Crippen LogP contribution in [0, 0.1) is 22.7 Å². The van der Waals surface area contributed by atoms with E-state index in [4.69, 9.17) is 11.6 Å². The van der Waals surface area contributed by atoms with E-state index >= 15 is 0 Å². The molecule has 1 aromatic carbocycles. The molecule has 0 spiro atoms. The van der Waals surface area contributed by atoms with Gasteiger partial charge in [0.1, 0.15) is 29.4 Å². The molecule has 0 atom stereocenters. The third-order valence-corrected chi connectivity index (χ3v) is 4.97. The fraction of sp³-hybridized carbons (Fsp3) is 0.250. The Morgan fingerprint density at radius 2 is 1.97 bits per heavy atom. The Morgan fingerprint density at radius 1 is 1.16 bits per heavy atom. The average molecular weight is 433 g/mol. The Morgan fingerprint density at radius 3 is 2.61 bits per heavy atom. The molecule has 0 fully saturated rings. The lowest BCUT2D eigenvalue weighted by Crippen LogP contribution is -2.07. The molecule has 0 saturated heterocycles. The maximum atomic E-state index is 9.59. The lowest BCUT2D eigenvalue weighted by Gasteiger charge is -2.11. The Balaban J connectivity index is 1.68. The number of aromatic amines is 1. The van der Waals surface area contributed by atoms with E-state index in [9.17, 15) is 10.5 Å². The van der Waals surface area contributed by atoms with Crippen molar-refractivity contribution in [1.29, 1.82) is 10.5 Å². The van der Waals surface area contributed by atoms with E-state index in [1.807, 2.05) is 28.9 Å². The Hall–Kier alpha value is -4.02. The predicted octanol–water partition coefficient (Wildman–Crippen LogP) is 3.04. The molecule has 0 radical (unpaired) electrons. The van der Waals surface area contributed by atoms with Gasteiger partial charge in [-0.05, 0) is 52.2 Å². The van der Waals surface area contributed by atoms with Gasteiger partial charge in [-0.3, -0.25) is 4.57 Å². The summed E-state index contributed by atoms with van der Waals surface area (Å²) in [5.41, 5.74) is 2.74. The first-order chi connectivity index (χ1) is 15.1. The highest BCUT2D eigenvalue weighted by Gasteiger charge is 2.21. The minimum Gasteiger partial charge on any atom is -0.297 e. The van der Waals surface area contributed by atoms with Crippen LogP contribution in [0.2, 0.25) is 5.28 Å². The summed E-state index contributed by atoms with van der Waals surface area (Å²) in [6.07, 6.45) is 2.89. The van der Waals surface area contributed by atoms with Crippen molar-refractivity contribution in [2.75, 3.05) is 0 Å². The number of H-pyrrole nitrogens is 1. The molecule has 0 bridgehead atoms. The monoisotopic (exact) mass is 432 g/mol. The van der Waals surface area contributed by atoms with Gasteiger partial charge in [0.25, 0.3) is 0 Å². The van der Waals surface area contributed by atoms with E-state index in [2.05, 4.69) is 49.8 Å². The van der Waals surface area contributed by atoms with Crippen molar-refractivity contribution < 1.29 is 0 Å². The minimum atomic E-state index is 0.239. The van der Waals surface area contributed by atoms with Crippen LogP contribution in [0.4, 0.5) is 0 Å². The van der Waals surface area contributed by atoms with Crippen LogP contribution in [0.1, 0.15) is 42.4 Å². The number of hydrogen-bond acceptors (Lipinski definition) is 7. The maximum absolute atomic E-state index is 9.59. The number of unbranched alkanes of at least 4 members (excludes halogenated alkanes) is 1. The van der Waals surface area contributed by atoms with Gasteiger partial charge >= 0.3 is 0 Å². The smallest absolute Gasteiger partial charge is 0.242 e. The highest BCUT2D eigenvalue weighted by atomic mass is 35.5. The molecule has 0 aliphatic heterocycles. The van der Waals surface area contributed by atoms with Crippen molar-refractivity contribution in [3.8, 4) is 29.3 Å². The average Bonchev–Trinajstić information content (AvgIpc) is 3.51. The van der Waals surface area contributed by atoms with E-state index in [0.29, 0.717) is 35.0 Å². The van der Waals surface area contributed by atoms with Crippen LogP contribution in [-0.2, 0) is 13.0 Å². The molecule has 10 nitrogen and oxygen atoms in total. The second-order valence-electron chi connectivity index (χ2n) is 6.83. The molecule has 0 saturated carbocycles. The van der Waals surface area contributed by atoms with E-state index in [1.54, 1.807) is 4.57 Å². The summed E-state index contributed by atoms with van der Waals surface area (Å²) in [7, 11) is 0. The molecule has 3 aromatic heterocycles. The Labute approximate surface area is 182 Å². The first-order valence-electron chi connectivity index (χ1n) is 9.63. The molecule has 0 amide bonds. The van der Waals surface area contributed by atoms with Gasteiger partial charge in [0.05, 0.1) is 12.1 Å². The van der Waals surface area contributed by atoms with Crippen LogP contribution < -0.4 is 0 Å². The molecule has 0 unspecified atom stereocenters. The van der Waals surface area contributed by atoms with E-state index in [1.165, 1.54) is 6.07 Å². The fourth-order valence-corrected chi connectivity index (χ4v) is 3.54. The summed E-state index contributed by atoms with van der Waals surface area (Å²) in [6, 6.07) is 13.4. The number of nitriles is 2. The zero-order valence-electron chi connectivity index (χ0n) is 16.6. The summed E-state index contributed by atoms with van der Waals surface area (Å²) in [5, 5.41) is 37.4. The van der Waals surface area contributed by atoms with Gasteiger partial charge < -0.3 is 0 Å². The van der Waals surface area contributed by atoms with Gasteiger partial charge in [-0.2, -0.15) is 10.5 Å². The summed E-state index contributed by atoms with van der Waals surface area (Å²) < 4.78 is 3.46. The number of nitrogens with zero attached hydrogens (tertiary/aromatic N) is 9. The SMILES string of the molecule is CCCCc1nc(Cl)nn1Cc1ccc(-n2c(C#N)cc(C#N)c2-c2nnn[nH]2)cc1. The number of benzene rings is 1.